The molecule has 0 saturated carbocycles. The number of amides is 1. The summed E-state index contributed by atoms with van der Waals surface area (Å²) in [5, 5.41) is 32.9. The summed E-state index contributed by atoms with van der Waals surface area (Å²) in [6, 6.07) is 17.9. The Morgan fingerprint density at radius 3 is 2.48 bits per heavy atom. The van der Waals surface area contributed by atoms with Crippen LogP contribution in [-0.4, -0.2) is 39.1 Å². The number of β-amino-alcohol motifs (C(OH)–C–C–N with tert-alkyl or cyclic N) is 1. The van der Waals surface area contributed by atoms with Crippen molar-refractivity contribution in [1.29, 1.82) is 0 Å². The number of nitro groups is 1. The molecule has 0 saturated heterocycles. The highest BCUT2D eigenvalue weighted by Gasteiger charge is 2.50. The number of hydrogen-bond acceptors (Lipinski definition) is 7. The number of nitrogen functional groups attached to an aromatic ring is 1. The van der Waals surface area contributed by atoms with Gasteiger partial charge in [-0.05, 0) is 24.3 Å². The van der Waals surface area contributed by atoms with Gasteiger partial charge in [0.1, 0.15) is 0 Å². The molecule has 0 radical (unpaired) electrons. The van der Waals surface area contributed by atoms with E-state index in [1.165, 1.54) is 12.1 Å². The van der Waals surface area contributed by atoms with Gasteiger partial charge in [0.2, 0.25) is 0 Å². The Hall–Kier alpha value is -3.40. The quantitative estimate of drug-likeness (QED) is 0.307. The van der Waals surface area contributed by atoms with Crippen molar-refractivity contribution in [3.8, 4) is 0 Å². The molecule has 1 atom stereocenters. The maximum atomic E-state index is 12.8. The molecule has 0 aliphatic carbocycles. The maximum Gasteiger partial charge on any atom is 0.283 e. The fraction of sp³-hybridized carbons (Fsp3) is 0.136. The lowest BCUT2D eigenvalue weighted by atomic mass is 9.93. The predicted octanol–water partition coefficient (Wildman–Crippen LogP) is 2.97. The van der Waals surface area contributed by atoms with Crippen molar-refractivity contribution < 1.29 is 19.9 Å². The molecule has 3 aromatic rings. The molecule has 0 bridgehead atoms. The first-order valence-electron chi connectivity index (χ1n) is 9.44. The lowest BCUT2D eigenvalue weighted by Crippen LogP contribution is -2.46. The molecule has 8 nitrogen and oxygen atoms in total. The van der Waals surface area contributed by atoms with Gasteiger partial charge >= 0.3 is 0 Å². The van der Waals surface area contributed by atoms with Crippen LogP contribution in [0.3, 0.4) is 0 Å². The molecule has 0 fully saturated rings. The van der Waals surface area contributed by atoms with E-state index in [1.54, 1.807) is 54.6 Å². The monoisotopic (exact) mass is 437 g/mol. The van der Waals surface area contributed by atoms with E-state index in [4.69, 9.17) is 5.73 Å². The lowest BCUT2D eigenvalue weighted by molar-refractivity contribution is -0.387. The molecule has 4 rings (SSSR count). The average molecular weight is 437 g/mol. The van der Waals surface area contributed by atoms with Crippen molar-refractivity contribution >= 4 is 29.0 Å². The van der Waals surface area contributed by atoms with E-state index in [9.17, 15) is 25.1 Å². The largest absolute Gasteiger partial charge is 0.398 e. The molecule has 9 heteroatoms. The van der Waals surface area contributed by atoms with Gasteiger partial charge in [0.05, 0.1) is 16.4 Å². The maximum absolute atomic E-state index is 12.8. The van der Waals surface area contributed by atoms with Gasteiger partial charge in [0.25, 0.3) is 11.6 Å². The lowest BCUT2D eigenvalue weighted by Gasteiger charge is -2.34. The van der Waals surface area contributed by atoms with E-state index in [-0.39, 0.29) is 30.0 Å². The molecule has 0 aromatic heterocycles. The summed E-state index contributed by atoms with van der Waals surface area (Å²) in [5.74, 6) is -0.453. The predicted molar refractivity (Wildman–Crippen MR) is 116 cm³/mol. The van der Waals surface area contributed by atoms with Crippen LogP contribution in [0.25, 0.3) is 0 Å². The van der Waals surface area contributed by atoms with Crippen LogP contribution in [0.15, 0.2) is 76.5 Å². The number of rotatable bonds is 6. The fourth-order valence-corrected chi connectivity index (χ4v) is 4.68. The summed E-state index contributed by atoms with van der Waals surface area (Å²) < 4.78 is 0. The van der Waals surface area contributed by atoms with Gasteiger partial charge in [-0.25, -0.2) is 0 Å². The molecule has 0 spiro atoms. The smallest absolute Gasteiger partial charge is 0.283 e. The van der Waals surface area contributed by atoms with Crippen molar-refractivity contribution in [3.63, 3.8) is 0 Å². The highest BCUT2D eigenvalue weighted by atomic mass is 32.2. The second-order valence-corrected chi connectivity index (χ2v) is 8.06. The highest BCUT2D eigenvalue weighted by Crippen LogP contribution is 2.45. The molecule has 4 N–H and O–H groups in total. The Morgan fingerprint density at radius 1 is 1.06 bits per heavy atom. The molecular formula is C22H19N3O5S. The van der Waals surface area contributed by atoms with E-state index in [0.29, 0.717) is 21.0 Å². The molecule has 158 valence electrons. The van der Waals surface area contributed by atoms with Gasteiger partial charge in [-0.1, -0.05) is 48.2 Å². The molecule has 1 aliphatic heterocycles. The van der Waals surface area contributed by atoms with Crippen LogP contribution >= 0.6 is 11.8 Å². The number of nitrogens with two attached hydrogens (primary N) is 1. The molecule has 3 aromatic carbocycles. The van der Waals surface area contributed by atoms with Gasteiger partial charge < -0.3 is 20.8 Å². The topological polar surface area (TPSA) is 130 Å². The van der Waals surface area contributed by atoms with E-state index < -0.39 is 16.6 Å². The van der Waals surface area contributed by atoms with Crippen LogP contribution in [0.4, 0.5) is 11.4 Å². The van der Waals surface area contributed by atoms with E-state index >= 15 is 0 Å². The van der Waals surface area contributed by atoms with Gasteiger partial charge in [-0.2, -0.15) is 0 Å². The Bertz CT molecular complexity index is 1190. The first-order valence-corrected chi connectivity index (χ1v) is 10.3. The number of nitrogens with zero attached hydrogens (tertiary/aromatic N) is 2. The van der Waals surface area contributed by atoms with Crippen LogP contribution in [0, 0.1) is 10.1 Å². The summed E-state index contributed by atoms with van der Waals surface area (Å²) in [5.41, 5.74) is 5.07. The number of carbonyl (C=O) groups excluding carboxylic acids is 1. The molecule has 1 unspecified atom stereocenters. The van der Waals surface area contributed by atoms with Crippen LogP contribution in [0.5, 0.6) is 0 Å². The Balaban J connectivity index is 1.84. The van der Waals surface area contributed by atoms with Crippen LogP contribution in [-0.2, 0) is 5.72 Å². The minimum Gasteiger partial charge on any atom is -0.398 e. The zero-order valence-electron chi connectivity index (χ0n) is 16.3. The Labute approximate surface area is 182 Å². The van der Waals surface area contributed by atoms with Crippen molar-refractivity contribution in [2.75, 3.05) is 18.9 Å². The summed E-state index contributed by atoms with van der Waals surface area (Å²) in [7, 11) is 0. The summed E-state index contributed by atoms with van der Waals surface area (Å²) in [6.45, 7) is -0.500. The number of nitro benzene ring substituents is 1. The highest BCUT2D eigenvalue weighted by molar-refractivity contribution is 7.99. The van der Waals surface area contributed by atoms with Crippen molar-refractivity contribution in [2.45, 2.75) is 15.5 Å². The molecule has 1 aliphatic rings. The van der Waals surface area contributed by atoms with E-state index in [1.807, 2.05) is 0 Å². The van der Waals surface area contributed by atoms with Crippen LogP contribution in [0.2, 0.25) is 0 Å². The van der Waals surface area contributed by atoms with Crippen LogP contribution < -0.4 is 5.73 Å². The van der Waals surface area contributed by atoms with Gasteiger partial charge in [-0.15, -0.1) is 0 Å². The molecule has 31 heavy (non-hydrogen) atoms. The zero-order chi connectivity index (χ0) is 22.2. The zero-order valence-corrected chi connectivity index (χ0v) is 17.1. The number of anilines is 1. The number of para-hydroxylation sites is 1. The van der Waals surface area contributed by atoms with Crippen molar-refractivity contribution in [2.24, 2.45) is 0 Å². The second kappa shape index (κ2) is 8.03. The third-order valence-electron chi connectivity index (χ3n) is 5.19. The molecule has 1 amide bonds. The Morgan fingerprint density at radius 2 is 1.77 bits per heavy atom. The first kappa shape index (κ1) is 20.9. The van der Waals surface area contributed by atoms with E-state index in [0.717, 1.165) is 16.7 Å². The third kappa shape index (κ3) is 3.42. The number of fused-ring (bicyclic) bond motifs is 1. The van der Waals surface area contributed by atoms with Gasteiger partial charge in [-0.3, -0.25) is 14.9 Å². The second-order valence-electron chi connectivity index (χ2n) is 6.98. The van der Waals surface area contributed by atoms with Gasteiger partial charge in [0, 0.05) is 39.9 Å². The minimum atomic E-state index is -1.93. The third-order valence-corrected chi connectivity index (χ3v) is 6.35. The van der Waals surface area contributed by atoms with E-state index in [2.05, 4.69) is 0 Å². The van der Waals surface area contributed by atoms with Crippen molar-refractivity contribution in [1.82, 2.24) is 4.90 Å². The molecular weight excluding hydrogens is 418 g/mol. The first-order chi connectivity index (χ1) is 14.9. The van der Waals surface area contributed by atoms with Crippen LogP contribution in [0.1, 0.15) is 21.5 Å². The number of aliphatic hydroxyl groups excluding tert-OH is 1. The van der Waals surface area contributed by atoms with Gasteiger partial charge in [0.15, 0.2) is 5.72 Å². The summed E-state index contributed by atoms with van der Waals surface area (Å²) in [4.78, 5) is 26.3. The fourth-order valence-electron chi connectivity index (χ4n) is 3.74. The Kier molecular flexibility index (Phi) is 5.40. The standard InChI is InChI=1S/C22H19N3O5S/c23-17-7-3-4-8-19(17)31-20-10-9-14(13-18(20)25(29)30)22(28)16-6-2-1-5-15(16)21(27)24(22)11-12-26/h1-10,13,26,28H,11-12,23H2. The normalized spacial score (nSPS) is 17.6. The number of aliphatic hydroxyl groups is 2. The summed E-state index contributed by atoms with van der Waals surface area (Å²) in [6.07, 6.45) is 0. The minimum absolute atomic E-state index is 0.130. The number of benzene rings is 3. The number of hydrogen-bond donors (Lipinski definition) is 3. The average Bonchev–Trinajstić information content (AvgIpc) is 2.99. The SMILES string of the molecule is Nc1ccccc1Sc1ccc(C2(O)c3ccccc3C(=O)N2CCO)cc1[N+](=O)[O-]. The molecule has 1 heterocycles. The van der Waals surface area contributed by atoms with Crippen molar-refractivity contribution in [3.05, 3.63) is 93.5 Å². The number of carbonyl (C=O) groups is 1. The summed E-state index contributed by atoms with van der Waals surface area (Å²) >= 11 is 1.15.